The van der Waals surface area contributed by atoms with Crippen molar-refractivity contribution in [3.8, 4) is 0 Å². The number of aliphatic hydroxyl groups excluding tert-OH is 1. The summed E-state index contributed by atoms with van der Waals surface area (Å²) in [7, 11) is 0. The molecular weight excluding hydrogens is 310 g/mol. The maximum absolute atomic E-state index is 9.88. The molecule has 124 valence electrons. The lowest BCUT2D eigenvalue weighted by molar-refractivity contribution is 0.153. The summed E-state index contributed by atoms with van der Waals surface area (Å²) in [5, 5.41) is 18.3. The summed E-state index contributed by atoms with van der Waals surface area (Å²) in [4.78, 5) is 0. The molecule has 5 atom stereocenters. The third-order valence-corrected chi connectivity index (χ3v) is 6.13. The molecule has 23 heavy (non-hydrogen) atoms. The Hall–Kier alpha value is -1.10. The molecule has 0 spiro atoms. The molecular formula is C18H24ClN3O. The number of aliphatic hydroxyl groups is 1. The van der Waals surface area contributed by atoms with Gasteiger partial charge < -0.3 is 10.5 Å². The van der Waals surface area contributed by atoms with Crippen LogP contribution in [-0.2, 0) is 0 Å². The van der Waals surface area contributed by atoms with E-state index in [1.165, 1.54) is 16.7 Å². The van der Waals surface area contributed by atoms with E-state index in [-0.39, 0.29) is 6.23 Å². The molecule has 0 aromatic heterocycles. The fourth-order valence-electron chi connectivity index (χ4n) is 4.76. The van der Waals surface area contributed by atoms with Crippen LogP contribution in [-0.4, -0.2) is 30.1 Å². The number of rotatable bonds is 2. The molecule has 2 fully saturated rings. The Morgan fingerprint density at radius 1 is 1.22 bits per heavy atom. The van der Waals surface area contributed by atoms with E-state index in [4.69, 9.17) is 11.6 Å². The van der Waals surface area contributed by atoms with Crippen LogP contribution in [0.15, 0.2) is 17.2 Å². The number of hydrogen-bond acceptors (Lipinski definition) is 4. The molecule has 2 heterocycles. The molecule has 1 aromatic carbocycles. The van der Waals surface area contributed by atoms with Gasteiger partial charge in [-0.2, -0.15) is 5.10 Å². The van der Waals surface area contributed by atoms with E-state index in [1.807, 2.05) is 12.3 Å². The van der Waals surface area contributed by atoms with E-state index in [0.29, 0.717) is 23.8 Å². The lowest BCUT2D eigenvalue weighted by Gasteiger charge is -2.34. The van der Waals surface area contributed by atoms with Crippen LogP contribution in [0.2, 0.25) is 5.02 Å². The Balaban J connectivity index is 1.68. The second kappa shape index (κ2) is 6.08. The van der Waals surface area contributed by atoms with Crippen LogP contribution < -0.4 is 10.7 Å². The molecule has 1 aliphatic carbocycles. The first-order valence-electron chi connectivity index (χ1n) is 8.62. The number of nitrogens with one attached hydrogen (secondary N) is 2. The van der Waals surface area contributed by atoms with Gasteiger partial charge in [0, 0.05) is 29.7 Å². The third-order valence-electron chi connectivity index (χ3n) is 5.80. The highest BCUT2D eigenvalue weighted by molar-refractivity contribution is 6.31. The van der Waals surface area contributed by atoms with E-state index in [0.717, 1.165) is 37.3 Å². The molecule has 2 aliphatic heterocycles. The highest BCUT2D eigenvalue weighted by Gasteiger charge is 2.39. The van der Waals surface area contributed by atoms with Gasteiger partial charge in [0.05, 0.1) is 0 Å². The summed E-state index contributed by atoms with van der Waals surface area (Å²) in [5.41, 5.74) is 7.06. The molecule has 0 radical (unpaired) electrons. The average molecular weight is 334 g/mol. The van der Waals surface area contributed by atoms with Crippen LogP contribution in [0.3, 0.4) is 0 Å². The summed E-state index contributed by atoms with van der Waals surface area (Å²) in [5.74, 6) is 1.36. The van der Waals surface area contributed by atoms with Crippen molar-refractivity contribution in [1.29, 1.82) is 0 Å². The first kappa shape index (κ1) is 15.4. The van der Waals surface area contributed by atoms with Crippen LogP contribution in [0.25, 0.3) is 0 Å². The van der Waals surface area contributed by atoms with Crippen LogP contribution in [0.4, 0.5) is 0 Å². The van der Waals surface area contributed by atoms with Crippen molar-refractivity contribution >= 4 is 17.8 Å². The first-order valence-corrected chi connectivity index (χ1v) is 9.00. The molecule has 4 rings (SSSR count). The van der Waals surface area contributed by atoms with Gasteiger partial charge in [0.2, 0.25) is 0 Å². The molecule has 0 bridgehead atoms. The Morgan fingerprint density at radius 3 is 2.87 bits per heavy atom. The number of benzene rings is 1. The minimum absolute atomic E-state index is 0.314. The van der Waals surface area contributed by atoms with Crippen molar-refractivity contribution in [1.82, 2.24) is 10.7 Å². The van der Waals surface area contributed by atoms with Crippen molar-refractivity contribution in [3.63, 3.8) is 0 Å². The van der Waals surface area contributed by atoms with Gasteiger partial charge in [-0.1, -0.05) is 17.7 Å². The van der Waals surface area contributed by atoms with Gasteiger partial charge in [0.15, 0.2) is 0 Å². The van der Waals surface area contributed by atoms with Gasteiger partial charge in [-0.05, 0) is 67.2 Å². The molecule has 4 nitrogen and oxygen atoms in total. The zero-order chi connectivity index (χ0) is 16.0. The smallest absolute Gasteiger partial charge is 0.105 e. The lowest BCUT2D eigenvalue weighted by Crippen LogP contribution is -2.35. The van der Waals surface area contributed by atoms with E-state index in [2.05, 4.69) is 28.8 Å². The average Bonchev–Trinajstić information content (AvgIpc) is 3.16. The highest BCUT2D eigenvalue weighted by Crippen LogP contribution is 2.45. The summed E-state index contributed by atoms with van der Waals surface area (Å²) in [6, 6.07) is 4.64. The van der Waals surface area contributed by atoms with Crippen LogP contribution in [0.1, 0.15) is 54.2 Å². The zero-order valence-corrected chi connectivity index (χ0v) is 14.2. The molecule has 3 N–H and O–H groups in total. The monoisotopic (exact) mass is 333 g/mol. The van der Waals surface area contributed by atoms with Gasteiger partial charge in [0.1, 0.15) is 6.23 Å². The van der Waals surface area contributed by atoms with E-state index >= 15 is 0 Å². The van der Waals surface area contributed by atoms with Gasteiger partial charge in [-0.3, -0.25) is 5.32 Å². The SMILES string of the molecule is Cc1ccc(Cl)c(C2CCC3NC(O)CC3C2)c1C1C=NNC1. The number of nitrogens with zero attached hydrogens (tertiary/aromatic N) is 1. The Bertz CT molecular complexity index is 633. The maximum atomic E-state index is 9.88. The molecule has 5 heteroatoms. The van der Waals surface area contributed by atoms with E-state index < -0.39 is 0 Å². The fraction of sp³-hybridized carbons (Fsp3) is 0.611. The maximum Gasteiger partial charge on any atom is 0.105 e. The number of halogens is 1. The van der Waals surface area contributed by atoms with Crippen molar-refractivity contribution in [3.05, 3.63) is 33.8 Å². The quantitative estimate of drug-likeness (QED) is 0.780. The predicted octanol–water partition coefficient (Wildman–Crippen LogP) is 2.89. The minimum Gasteiger partial charge on any atom is -0.379 e. The van der Waals surface area contributed by atoms with Crippen LogP contribution in [0, 0.1) is 12.8 Å². The van der Waals surface area contributed by atoms with Crippen LogP contribution >= 0.6 is 11.6 Å². The molecule has 3 aliphatic rings. The number of fused-ring (bicyclic) bond motifs is 1. The highest BCUT2D eigenvalue weighted by atomic mass is 35.5. The molecule has 1 saturated carbocycles. The van der Waals surface area contributed by atoms with Gasteiger partial charge in [0.25, 0.3) is 0 Å². The molecule has 0 amide bonds. The van der Waals surface area contributed by atoms with Crippen molar-refractivity contribution < 1.29 is 5.11 Å². The van der Waals surface area contributed by atoms with E-state index in [9.17, 15) is 5.11 Å². The number of hydrazone groups is 1. The van der Waals surface area contributed by atoms with Crippen molar-refractivity contribution in [2.24, 2.45) is 11.0 Å². The largest absolute Gasteiger partial charge is 0.379 e. The van der Waals surface area contributed by atoms with Gasteiger partial charge in [-0.15, -0.1) is 0 Å². The zero-order valence-electron chi connectivity index (χ0n) is 13.4. The fourth-order valence-corrected chi connectivity index (χ4v) is 5.08. The number of aryl methyl sites for hydroxylation is 1. The second-order valence-corrected chi connectivity index (χ2v) is 7.64. The normalized spacial score (nSPS) is 36.0. The standard InChI is InChI=1S/C18H24ClN3O/c1-10-2-4-14(19)18(17(10)13-8-20-21-9-13)11-3-5-15-12(6-11)7-16(23)22-15/h2,4,8,11-13,15-16,21-23H,3,5-7,9H2,1H3. The summed E-state index contributed by atoms with van der Waals surface area (Å²) in [6.07, 6.45) is 5.91. The Morgan fingerprint density at radius 2 is 2.09 bits per heavy atom. The molecule has 1 aromatic rings. The Kier molecular flexibility index (Phi) is 4.08. The predicted molar refractivity (Wildman–Crippen MR) is 93.1 cm³/mol. The van der Waals surface area contributed by atoms with E-state index in [1.54, 1.807) is 0 Å². The van der Waals surface area contributed by atoms with Crippen LogP contribution in [0.5, 0.6) is 0 Å². The van der Waals surface area contributed by atoms with Gasteiger partial charge >= 0.3 is 0 Å². The topological polar surface area (TPSA) is 56.6 Å². The summed E-state index contributed by atoms with van der Waals surface area (Å²) < 4.78 is 0. The molecule has 5 unspecified atom stereocenters. The Labute approximate surface area is 142 Å². The summed E-state index contributed by atoms with van der Waals surface area (Å²) in [6.45, 7) is 3.03. The summed E-state index contributed by atoms with van der Waals surface area (Å²) >= 11 is 6.65. The minimum atomic E-state index is -0.331. The first-order chi connectivity index (χ1) is 11.1. The number of hydrogen-bond donors (Lipinski definition) is 3. The van der Waals surface area contributed by atoms with Crippen molar-refractivity contribution in [2.45, 2.75) is 56.7 Å². The third kappa shape index (κ3) is 2.77. The van der Waals surface area contributed by atoms with Crippen molar-refractivity contribution in [2.75, 3.05) is 6.54 Å². The molecule has 1 saturated heterocycles. The lowest BCUT2D eigenvalue weighted by atomic mass is 9.73. The second-order valence-electron chi connectivity index (χ2n) is 7.23. The van der Waals surface area contributed by atoms with Gasteiger partial charge in [-0.25, -0.2) is 0 Å².